The van der Waals surface area contributed by atoms with E-state index in [1.165, 1.54) is 0 Å². The van der Waals surface area contributed by atoms with Crippen LogP contribution in [0, 0.1) is 5.92 Å². The molecule has 0 bridgehead atoms. The van der Waals surface area contributed by atoms with E-state index in [2.05, 4.69) is 12.2 Å². The maximum atomic E-state index is 12.3. The molecular weight excluding hydrogens is 340 g/mol. The number of Topliss-reactive ketones (excluding diaryl/α,β-unsaturated/α-hetero) is 1. The van der Waals surface area contributed by atoms with Gasteiger partial charge in [-0.3, -0.25) is 9.59 Å². The number of carbonyl (C=O) groups is 2. The highest BCUT2D eigenvalue weighted by molar-refractivity contribution is 5.98. The van der Waals surface area contributed by atoms with Gasteiger partial charge in [0, 0.05) is 31.5 Å². The van der Waals surface area contributed by atoms with Gasteiger partial charge < -0.3 is 15.0 Å². The summed E-state index contributed by atoms with van der Waals surface area (Å²) >= 11 is 0. The number of hydrogen-bond acceptors (Lipinski definition) is 4. The number of likely N-dealkylation sites (tertiary alicyclic amines) is 1. The third-order valence-corrected chi connectivity index (χ3v) is 4.63. The second-order valence-corrected chi connectivity index (χ2v) is 6.28. The van der Waals surface area contributed by atoms with Crippen LogP contribution in [0.25, 0.3) is 0 Å². The maximum Gasteiger partial charge on any atom is 0.223 e. The van der Waals surface area contributed by atoms with Gasteiger partial charge in [0.05, 0.1) is 7.11 Å². The molecule has 25 heavy (non-hydrogen) atoms. The minimum Gasteiger partial charge on any atom is -0.497 e. The summed E-state index contributed by atoms with van der Waals surface area (Å²) in [5.41, 5.74) is 0.632. The van der Waals surface area contributed by atoms with E-state index < -0.39 is 0 Å². The van der Waals surface area contributed by atoms with Crippen molar-refractivity contribution in [1.82, 2.24) is 10.2 Å². The summed E-state index contributed by atoms with van der Waals surface area (Å²) in [6, 6.07) is 7.03. The van der Waals surface area contributed by atoms with Crippen molar-refractivity contribution in [3.8, 4) is 5.75 Å². The third kappa shape index (κ3) is 6.67. The molecule has 1 heterocycles. The van der Waals surface area contributed by atoms with E-state index in [0.29, 0.717) is 17.9 Å². The van der Waals surface area contributed by atoms with Crippen LogP contribution in [0.15, 0.2) is 24.3 Å². The SMILES string of the molecule is CCNCC1CCN(C(=O)CCC(=O)c2ccc(OC)cc2)CC1.Cl. The molecule has 2 rings (SSSR count). The molecule has 1 fully saturated rings. The first-order valence-corrected chi connectivity index (χ1v) is 8.79. The van der Waals surface area contributed by atoms with Crippen LogP contribution in [-0.4, -0.2) is 49.9 Å². The van der Waals surface area contributed by atoms with Gasteiger partial charge in [-0.1, -0.05) is 6.92 Å². The number of rotatable bonds is 8. The molecule has 1 amide bonds. The second-order valence-electron chi connectivity index (χ2n) is 6.28. The second kappa shape index (κ2) is 11.1. The zero-order valence-electron chi connectivity index (χ0n) is 15.1. The van der Waals surface area contributed by atoms with Crippen LogP contribution in [0.2, 0.25) is 0 Å². The number of carbonyl (C=O) groups excluding carboxylic acids is 2. The Balaban J connectivity index is 0.00000312. The lowest BCUT2D eigenvalue weighted by Crippen LogP contribution is -2.40. The van der Waals surface area contributed by atoms with Crippen LogP contribution >= 0.6 is 12.4 Å². The number of piperidine rings is 1. The molecule has 0 aromatic heterocycles. The average molecular weight is 369 g/mol. The molecule has 140 valence electrons. The predicted molar refractivity (Wildman–Crippen MR) is 102 cm³/mol. The van der Waals surface area contributed by atoms with E-state index in [9.17, 15) is 9.59 Å². The molecule has 5 nitrogen and oxygen atoms in total. The van der Waals surface area contributed by atoms with Crippen molar-refractivity contribution in [3.05, 3.63) is 29.8 Å². The van der Waals surface area contributed by atoms with E-state index in [1.54, 1.807) is 31.4 Å². The van der Waals surface area contributed by atoms with Crippen LogP contribution in [0.1, 0.15) is 43.0 Å². The molecule has 0 unspecified atom stereocenters. The zero-order valence-corrected chi connectivity index (χ0v) is 15.9. The molecule has 0 aliphatic carbocycles. The average Bonchev–Trinajstić information content (AvgIpc) is 2.64. The van der Waals surface area contributed by atoms with Crippen LogP contribution in [0.4, 0.5) is 0 Å². The Morgan fingerprint density at radius 2 is 1.80 bits per heavy atom. The molecule has 1 N–H and O–H groups in total. The number of benzene rings is 1. The number of hydrogen-bond donors (Lipinski definition) is 1. The highest BCUT2D eigenvalue weighted by Crippen LogP contribution is 2.18. The molecular formula is C19H29ClN2O3. The van der Waals surface area contributed by atoms with Crippen molar-refractivity contribution in [2.45, 2.75) is 32.6 Å². The van der Waals surface area contributed by atoms with E-state index in [1.807, 2.05) is 4.90 Å². The van der Waals surface area contributed by atoms with Gasteiger partial charge in [0.15, 0.2) is 5.78 Å². The highest BCUT2D eigenvalue weighted by atomic mass is 35.5. The van der Waals surface area contributed by atoms with Crippen LogP contribution in [0.5, 0.6) is 5.75 Å². The Morgan fingerprint density at radius 3 is 2.36 bits per heavy atom. The summed E-state index contributed by atoms with van der Waals surface area (Å²) in [6.45, 7) is 5.76. The predicted octanol–water partition coefficient (Wildman–Crippen LogP) is 2.93. The summed E-state index contributed by atoms with van der Waals surface area (Å²) in [5.74, 6) is 1.49. The molecule has 1 aliphatic heterocycles. The van der Waals surface area contributed by atoms with Gasteiger partial charge in [0.1, 0.15) is 5.75 Å². The molecule has 1 aromatic carbocycles. The summed E-state index contributed by atoms with van der Waals surface area (Å²) in [7, 11) is 1.59. The van der Waals surface area contributed by atoms with Crippen LogP contribution < -0.4 is 10.1 Å². The van der Waals surface area contributed by atoms with E-state index in [-0.39, 0.29) is 30.5 Å². The van der Waals surface area contributed by atoms with Gasteiger partial charge >= 0.3 is 0 Å². The number of methoxy groups -OCH3 is 1. The van der Waals surface area contributed by atoms with Gasteiger partial charge in [-0.2, -0.15) is 0 Å². The molecule has 6 heteroatoms. The van der Waals surface area contributed by atoms with Gasteiger partial charge in [-0.05, 0) is 56.1 Å². The Bertz CT molecular complexity index is 540. The molecule has 0 spiro atoms. The number of ether oxygens (including phenoxy) is 1. The van der Waals surface area contributed by atoms with Gasteiger partial charge in [0.2, 0.25) is 5.91 Å². The fourth-order valence-electron chi connectivity index (χ4n) is 3.03. The molecule has 1 aromatic rings. The molecule has 0 atom stereocenters. The lowest BCUT2D eigenvalue weighted by atomic mass is 9.96. The van der Waals surface area contributed by atoms with Crippen molar-refractivity contribution in [2.24, 2.45) is 5.92 Å². The molecule has 1 saturated heterocycles. The third-order valence-electron chi connectivity index (χ3n) is 4.63. The van der Waals surface area contributed by atoms with Crippen molar-refractivity contribution in [2.75, 3.05) is 33.3 Å². The lowest BCUT2D eigenvalue weighted by Gasteiger charge is -2.32. The van der Waals surface area contributed by atoms with Gasteiger partial charge in [0.25, 0.3) is 0 Å². The monoisotopic (exact) mass is 368 g/mol. The fraction of sp³-hybridized carbons (Fsp3) is 0.579. The first-order valence-electron chi connectivity index (χ1n) is 8.79. The quantitative estimate of drug-likeness (QED) is 0.717. The largest absolute Gasteiger partial charge is 0.497 e. The summed E-state index contributed by atoms with van der Waals surface area (Å²) < 4.78 is 5.08. The van der Waals surface area contributed by atoms with Crippen molar-refractivity contribution < 1.29 is 14.3 Å². The minimum atomic E-state index is 0. The van der Waals surface area contributed by atoms with Gasteiger partial charge in [-0.25, -0.2) is 0 Å². The maximum absolute atomic E-state index is 12.3. The van der Waals surface area contributed by atoms with Crippen LogP contribution in [-0.2, 0) is 4.79 Å². The molecule has 1 aliphatic rings. The molecule has 0 saturated carbocycles. The Hall–Kier alpha value is -1.59. The highest BCUT2D eigenvalue weighted by Gasteiger charge is 2.22. The number of nitrogens with zero attached hydrogens (tertiary/aromatic N) is 1. The van der Waals surface area contributed by atoms with E-state index >= 15 is 0 Å². The first-order chi connectivity index (χ1) is 11.6. The summed E-state index contributed by atoms with van der Waals surface area (Å²) in [5, 5.41) is 3.37. The van der Waals surface area contributed by atoms with Gasteiger partial charge in [-0.15, -0.1) is 12.4 Å². The summed E-state index contributed by atoms with van der Waals surface area (Å²) in [4.78, 5) is 26.4. The lowest BCUT2D eigenvalue weighted by molar-refractivity contribution is -0.132. The summed E-state index contributed by atoms with van der Waals surface area (Å²) in [6.07, 6.45) is 2.65. The minimum absolute atomic E-state index is 0. The normalized spacial score (nSPS) is 14.7. The topological polar surface area (TPSA) is 58.6 Å². The van der Waals surface area contributed by atoms with Crippen LogP contribution in [0.3, 0.4) is 0 Å². The number of nitrogens with one attached hydrogen (secondary N) is 1. The fourth-order valence-corrected chi connectivity index (χ4v) is 3.03. The number of amides is 1. The Morgan fingerprint density at radius 1 is 1.16 bits per heavy atom. The van der Waals surface area contributed by atoms with E-state index in [0.717, 1.165) is 44.8 Å². The van der Waals surface area contributed by atoms with Crippen molar-refractivity contribution in [3.63, 3.8) is 0 Å². The smallest absolute Gasteiger partial charge is 0.223 e. The Kier molecular flexibility index (Phi) is 9.53. The molecule has 0 radical (unpaired) electrons. The first kappa shape index (κ1) is 21.5. The zero-order chi connectivity index (χ0) is 17.4. The van der Waals surface area contributed by atoms with Crippen molar-refractivity contribution in [1.29, 1.82) is 0 Å². The van der Waals surface area contributed by atoms with E-state index in [4.69, 9.17) is 4.74 Å². The Labute approximate surface area is 156 Å². The number of halogens is 1. The van der Waals surface area contributed by atoms with Crippen molar-refractivity contribution >= 4 is 24.1 Å². The number of ketones is 1. The standard InChI is InChI=1S/C19H28N2O3.ClH/c1-3-20-14-15-10-12-21(13-11-15)19(23)9-8-18(22)16-4-6-17(24-2)7-5-16;/h4-7,15,20H,3,8-14H2,1-2H3;1H.